The van der Waals surface area contributed by atoms with Gasteiger partial charge in [0.25, 0.3) is 0 Å². The highest BCUT2D eigenvalue weighted by atomic mass is 16.7. The molecule has 0 bridgehead atoms. The van der Waals surface area contributed by atoms with Crippen molar-refractivity contribution in [1.29, 1.82) is 0 Å². The van der Waals surface area contributed by atoms with Crippen LogP contribution in [-0.2, 0) is 23.7 Å². The maximum absolute atomic E-state index is 14.2. The summed E-state index contributed by atoms with van der Waals surface area (Å²) in [6.07, 6.45) is -10.0. The van der Waals surface area contributed by atoms with Gasteiger partial charge < -0.3 is 89.7 Å². The molecule has 2 heterocycles. The fourth-order valence-corrected chi connectivity index (χ4v) is 6.20. The summed E-state index contributed by atoms with van der Waals surface area (Å²) in [5.41, 5.74) is -4.80. The summed E-state index contributed by atoms with van der Waals surface area (Å²) in [4.78, 5) is 55.1. The molecule has 0 aliphatic carbocycles. The zero-order chi connectivity index (χ0) is 42.5. The van der Waals surface area contributed by atoms with Gasteiger partial charge in [-0.2, -0.15) is 0 Å². The van der Waals surface area contributed by atoms with Gasteiger partial charge in [-0.25, -0.2) is 19.2 Å². The molecule has 22 heteroatoms. The molecular formula is C36H30O22. The van der Waals surface area contributed by atoms with E-state index in [9.17, 15) is 80.5 Å². The van der Waals surface area contributed by atoms with Crippen molar-refractivity contribution in [1.82, 2.24) is 0 Å². The minimum Gasteiger partial charge on any atom is -0.504 e. The molecule has 306 valence electrons. The van der Waals surface area contributed by atoms with Crippen molar-refractivity contribution in [2.24, 2.45) is 0 Å². The molecule has 1 saturated heterocycles. The van der Waals surface area contributed by atoms with Crippen molar-refractivity contribution in [3.63, 3.8) is 0 Å². The number of phenolic OH excluding ortho intramolecular Hbond substituents is 11. The van der Waals surface area contributed by atoms with Crippen LogP contribution in [0.5, 0.6) is 69.0 Å². The van der Waals surface area contributed by atoms with Crippen LogP contribution in [0.1, 0.15) is 41.4 Å². The Balaban J connectivity index is 1.53. The van der Waals surface area contributed by atoms with Crippen LogP contribution in [-0.4, -0.2) is 136 Å². The summed E-state index contributed by atoms with van der Waals surface area (Å²) in [6.45, 7) is -2.09. The van der Waals surface area contributed by atoms with Crippen LogP contribution < -0.4 is 4.74 Å². The Morgan fingerprint density at radius 3 is 1.59 bits per heavy atom. The van der Waals surface area contributed by atoms with Gasteiger partial charge in [-0.15, -0.1) is 0 Å². The van der Waals surface area contributed by atoms with Crippen LogP contribution >= 0.6 is 0 Å². The summed E-state index contributed by atoms with van der Waals surface area (Å²) >= 11 is 0. The van der Waals surface area contributed by atoms with Gasteiger partial charge in [-0.05, 0) is 36.4 Å². The summed E-state index contributed by atoms with van der Waals surface area (Å²) in [5, 5.41) is 124. The molecule has 0 aromatic heterocycles. The van der Waals surface area contributed by atoms with Crippen LogP contribution in [0.3, 0.4) is 0 Å². The molecular weight excluding hydrogens is 784 g/mol. The van der Waals surface area contributed by atoms with E-state index >= 15 is 0 Å². The molecule has 4 aromatic rings. The number of ether oxygens (including phenoxy) is 6. The van der Waals surface area contributed by atoms with Crippen molar-refractivity contribution in [2.45, 2.75) is 30.5 Å². The van der Waals surface area contributed by atoms with E-state index in [-0.39, 0.29) is 0 Å². The van der Waals surface area contributed by atoms with Gasteiger partial charge in [-0.1, -0.05) is 0 Å². The van der Waals surface area contributed by atoms with Gasteiger partial charge in [-0.3, -0.25) is 0 Å². The molecule has 22 nitrogen and oxygen atoms in total. The minimum absolute atomic E-state index is 0.514. The third-order valence-corrected chi connectivity index (χ3v) is 9.03. The number of phenols is 11. The summed E-state index contributed by atoms with van der Waals surface area (Å²) in [7, 11) is 1.04. The second-order valence-corrected chi connectivity index (χ2v) is 12.5. The molecule has 1 fully saturated rings. The molecule has 12 N–H and O–H groups in total. The van der Waals surface area contributed by atoms with Gasteiger partial charge in [0.05, 0.1) is 36.0 Å². The Morgan fingerprint density at radius 1 is 0.621 bits per heavy atom. The van der Waals surface area contributed by atoms with Gasteiger partial charge in [0.2, 0.25) is 11.5 Å². The lowest BCUT2D eigenvalue weighted by molar-refractivity contribution is -0.235. The smallest absolute Gasteiger partial charge is 0.339 e. The molecule has 0 amide bonds. The zero-order valence-electron chi connectivity index (χ0n) is 29.2. The topological polar surface area (TPSA) is 366 Å². The summed E-state index contributed by atoms with van der Waals surface area (Å²) in [6, 6.07) is 3.90. The highest BCUT2D eigenvalue weighted by Crippen LogP contribution is 2.53. The fourth-order valence-electron chi connectivity index (χ4n) is 6.20. The number of hydrogen-bond donors (Lipinski definition) is 12. The first-order valence-electron chi connectivity index (χ1n) is 16.4. The Morgan fingerprint density at radius 2 is 1.09 bits per heavy atom. The van der Waals surface area contributed by atoms with Crippen molar-refractivity contribution >= 4 is 23.9 Å². The van der Waals surface area contributed by atoms with Crippen molar-refractivity contribution in [3.8, 4) is 80.1 Å². The van der Waals surface area contributed by atoms with Crippen molar-refractivity contribution < 1.29 is 109 Å². The summed E-state index contributed by atoms with van der Waals surface area (Å²) < 4.78 is 33.0. The number of carbonyl (C=O) groups excluding carboxylic acids is 4. The van der Waals surface area contributed by atoms with Gasteiger partial charge in [0.15, 0.2) is 75.8 Å². The molecule has 0 radical (unpaired) electrons. The second kappa shape index (κ2) is 15.1. The number of methoxy groups -OCH3 is 1. The molecule has 4 aromatic carbocycles. The van der Waals surface area contributed by atoms with Crippen molar-refractivity contribution in [2.75, 3.05) is 20.3 Å². The number of carbonyl (C=O) groups is 4. The number of aromatic hydroxyl groups is 11. The van der Waals surface area contributed by atoms with E-state index < -0.39 is 170 Å². The highest BCUT2D eigenvalue weighted by Gasteiger charge is 2.53. The predicted octanol–water partition coefficient (Wildman–Crippen LogP) is 1.03. The normalized spacial score (nSPS) is 20.2. The standard InChI is InChI=1S/C36H30O22/c1-53-19-7-13-23(29(48)27(19)46)22-12(6-18(42)26(45)28(22)47)36(52)57-31-21(9-54-35(13)51)55-20(8-37)30(56-33(49)10-2-14(38)24(43)15(39)3-10)32(31)58-34(50)11-4-16(40)25(44)17(41)5-11/h2-7,20-21,30-32,37-48H,8-9H2,1H3/t20-,21?,30?,31+,32?/m0/s1. The molecule has 6 rings (SSSR count). The highest BCUT2D eigenvalue weighted by molar-refractivity contribution is 6.08. The number of fused-ring (bicyclic) bond motifs is 4. The number of benzene rings is 4. The van der Waals surface area contributed by atoms with Crippen LogP contribution in [0.4, 0.5) is 0 Å². The number of aliphatic hydroxyl groups is 1. The van der Waals surface area contributed by atoms with Gasteiger partial charge in [0.1, 0.15) is 18.8 Å². The zero-order valence-corrected chi connectivity index (χ0v) is 29.2. The first-order chi connectivity index (χ1) is 27.4. The molecule has 2 aliphatic heterocycles. The first-order valence-corrected chi connectivity index (χ1v) is 16.4. The average Bonchev–Trinajstić information content (AvgIpc) is 3.20. The second-order valence-electron chi connectivity index (χ2n) is 12.5. The summed E-state index contributed by atoms with van der Waals surface area (Å²) in [5.74, 6) is -18.6. The third kappa shape index (κ3) is 6.88. The van der Waals surface area contributed by atoms with E-state index in [2.05, 4.69) is 0 Å². The third-order valence-electron chi connectivity index (χ3n) is 9.03. The Bertz CT molecular complexity index is 2320. The number of esters is 4. The lowest BCUT2D eigenvalue weighted by atomic mass is 9.91. The predicted molar refractivity (Wildman–Crippen MR) is 183 cm³/mol. The number of rotatable bonds is 6. The maximum Gasteiger partial charge on any atom is 0.339 e. The molecule has 3 unspecified atom stereocenters. The molecule has 58 heavy (non-hydrogen) atoms. The Kier molecular flexibility index (Phi) is 10.4. The SMILES string of the molecule is COc1cc2c(c(O)c1O)-c1c(cc(O)c(O)c1O)C(=O)O[C@@H]1C(COC2=O)O[C@@H](CO)C(OC(=O)c2cc(O)c(O)c(O)c2)C1OC(=O)c1cc(O)c(O)c(O)c1. The van der Waals surface area contributed by atoms with Crippen LogP contribution in [0.15, 0.2) is 36.4 Å². The van der Waals surface area contributed by atoms with E-state index in [1.165, 1.54) is 0 Å². The largest absolute Gasteiger partial charge is 0.504 e. The lowest BCUT2D eigenvalue weighted by Crippen LogP contribution is -2.63. The maximum atomic E-state index is 14.2. The van der Waals surface area contributed by atoms with E-state index in [0.29, 0.717) is 30.3 Å². The number of cyclic esters (lactones) is 1. The van der Waals surface area contributed by atoms with E-state index in [1.807, 2.05) is 0 Å². The number of hydrogen-bond acceptors (Lipinski definition) is 22. The van der Waals surface area contributed by atoms with Crippen molar-refractivity contribution in [3.05, 3.63) is 58.7 Å². The Hall–Kier alpha value is -7.72. The van der Waals surface area contributed by atoms with Gasteiger partial charge >= 0.3 is 23.9 Å². The van der Waals surface area contributed by atoms with Crippen LogP contribution in [0.2, 0.25) is 0 Å². The fraction of sp³-hybridized carbons (Fsp3) is 0.222. The van der Waals surface area contributed by atoms with E-state index in [4.69, 9.17) is 28.4 Å². The molecule has 5 atom stereocenters. The molecule has 0 spiro atoms. The monoisotopic (exact) mass is 814 g/mol. The quantitative estimate of drug-likeness (QED) is 0.0734. The Labute approximate surface area is 322 Å². The van der Waals surface area contributed by atoms with Crippen LogP contribution in [0, 0.1) is 0 Å². The lowest BCUT2D eigenvalue weighted by Gasteiger charge is -2.44. The van der Waals surface area contributed by atoms with Crippen LogP contribution in [0.25, 0.3) is 11.1 Å². The molecule has 0 saturated carbocycles. The van der Waals surface area contributed by atoms with Gasteiger partial charge in [0, 0.05) is 11.1 Å². The van der Waals surface area contributed by atoms with E-state index in [1.54, 1.807) is 0 Å². The average molecular weight is 815 g/mol. The minimum atomic E-state index is -2.20. The first kappa shape index (κ1) is 40.0. The number of aliphatic hydroxyl groups excluding tert-OH is 1. The van der Waals surface area contributed by atoms with E-state index in [0.717, 1.165) is 13.2 Å². The molecule has 2 aliphatic rings.